The molecule has 0 aromatic carbocycles. The number of carboxylic acid groups (broad SMARTS) is 1. The third-order valence-corrected chi connectivity index (χ3v) is 4.46. The van der Waals surface area contributed by atoms with Gasteiger partial charge in [-0.2, -0.15) is 11.3 Å². The van der Waals surface area contributed by atoms with Crippen molar-refractivity contribution in [1.82, 2.24) is 0 Å². The smallest absolute Gasteiger partial charge is 0.303 e. The molecule has 1 aromatic heterocycles. The highest BCUT2D eigenvalue weighted by Crippen LogP contribution is 2.42. The summed E-state index contributed by atoms with van der Waals surface area (Å²) in [6.45, 7) is 0. The molecular formula is C14H19NO3S. The van der Waals surface area contributed by atoms with Gasteiger partial charge in [-0.1, -0.05) is 19.3 Å². The second-order valence-corrected chi connectivity index (χ2v) is 6.15. The molecule has 0 saturated heterocycles. The number of rotatable bonds is 5. The number of carboxylic acids is 1. The quantitative estimate of drug-likeness (QED) is 0.868. The van der Waals surface area contributed by atoms with E-state index < -0.39 is 5.97 Å². The summed E-state index contributed by atoms with van der Waals surface area (Å²) >= 11 is 1.53. The van der Waals surface area contributed by atoms with Crippen molar-refractivity contribution >= 4 is 28.9 Å². The molecule has 0 unspecified atom stereocenters. The molecule has 0 radical (unpaired) electrons. The fraction of sp³-hybridized carbons (Fsp3) is 0.571. The van der Waals surface area contributed by atoms with Crippen molar-refractivity contribution in [2.24, 2.45) is 5.41 Å². The van der Waals surface area contributed by atoms with Gasteiger partial charge in [0.05, 0.1) is 12.1 Å². The molecule has 1 aliphatic carbocycles. The number of carbonyl (C=O) groups excluding carboxylic acids is 1. The molecule has 5 heteroatoms. The van der Waals surface area contributed by atoms with Crippen LogP contribution in [0.2, 0.25) is 0 Å². The summed E-state index contributed by atoms with van der Waals surface area (Å²) in [5, 5.41) is 15.7. The Morgan fingerprint density at radius 2 is 2.00 bits per heavy atom. The van der Waals surface area contributed by atoms with Crippen LogP contribution in [0.1, 0.15) is 44.9 Å². The van der Waals surface area contributed by atoms with Crippen LogP contribution < -0.4 is 5.32 Å². The Bertz CT molecular complexity index is 436. The minimum absolute atomic E-state index is 0.0680. The summed E-state index contributed by atoms with van der Waals surface area (Å²) in [5.74, 6) is -0.869. The lowest BCUT2D eigenvalue weighted by molar-refractivity contribution is -0.140. The van der Waals surface area contributed by atoms with Crippen molar-refractivity contribution in [2.75, 3.05) is 5.32 Å². The molecule has 0 aliphatic heterocycles. The first-order valence-electron chi connectivity index (χ1n) is 6.64. The molecule has 2 N–H and O–H groups in total. The van der Waals surface area contributed by atoms with Gasteiger partial charge >= 0.3 is 5.97 Å². The number of hydrogen-bond donors (Lipinski definition) is 2. The van der Waals surface area contributed by atoms with Crippen molar-refractivity contribution < 1.29 is 14.7 Å². The van der Waals surface area contributed by atoms with Crippen LogP contribution in [0.15, 0.2) is 16.8 Å². The van der Waals surface area contributed by atoms with Gasteiger partial charge in [0.15, 0.2) is 0 Å². The van der Waals surface area contributed by atoms with Gasteiger partial charge in [0.2, 0.25) is 5.91 Å². The fourth-order valence-corrected chi connectivity index (χ4v) is 3.51. The van der Waals surface area contributed by atoms with Gasteiger partial charge in [-0.15, -0.1) is 0 Å². The van der Waals surface area contributed by atoms with Crippen LogP contribution in [0.4, 0.5) is 5.69 Å². The van der Waals surface area contributed by atoms with Gasteiger partial charge in [-0.05, 0) is 29.7 Å². The van der Waals surface area contributed by atoms with Crippen LogP contribution in [-0.4, -0.2) is 17.0 Å². The average molecular weight is 281 g/mol. The molecule has 19 heavy (non-hydrogen) atoms. The van der Waals surface area contributed by atoms with Crippen LogP contribution in [-0.2, 0) is 9.59 Å². The first-order chi connectivity index (χ1) is 9.10. The first kappa shape index (κ1) is 14.1. The van der Waals surface area contributed by atoms with Gasteiger partial charge in [0.1, 0.15) is 0 Å². The van der Waals surface area contributed by atoms with Crippen LogP contribution in [0, 0.1) is 5.41 Å². The molecule has 2 rings (SSSR count). The molecule has 1 amide bonds. The van der Waals surface area contributed by atoms with E-state index in [1.165, 1.54) is 11.3 Å². The average Bonchev–Trinajstić information content (AvgIpc) is 2.81. The van der Waals surface area contributed by atoms with E-state index in [1.807, 2.05) is 16.8 Å². The van der Waals surface area contributed by atoms with Gasteiger partial charge < -0.3 is 10.4 Å². The van der Waals surface area contributed by atoms with E-state index in [1.54, 1.807) is 0 Å². The van der Waals surface area contributed by atoms with Gasteiger partial charge in [-0.3, -0.25) is 9.59 Å². The zero-order valence-electron chi connectivity index (χ0n) is 10.9. The molecule has 4 nitrogen and oxygen atoms in total. The molecule has 1 aromatic rings. The highest BCUT2D eigenvalue weighted by atomic mass is 32.1. The number of anilines is 1. The Morgan fingerprint density at radius 3 is 2.58 bits per heavy atom. The summed E-state index contributed by atoms with van der Waals surface area (Å²) in [5.41, 5.74) is 0.459. The molecule has 1 heterocycles. The first-order valence-corrected chi connectivity index (χ1v) is 7.58. The maximum Gasteiger partial charge on any atom is 0.303 e. The summed E-state index contributed by atoms with van der Waals surface area (Å²) < 4.78 is 0. The monoisotopic (exact) mass is 281 g/mol. The van der Waals surface area contributed by atoms with Crippen LogP contribution in [0.25, 0.3) is 0 Å². The Kier molecular flexibility index (Phi) is 4.58. The van der Waals surface area contributed by atoms with Crippen LogP contribution in [0.3, 0.4) is 0 Å². The molecular weight excluding hydrogens is 262 g/mol. The lowest BCUT2D eigenvalue weighted by Crippen LogP contribution is -2.32. The third kappa shape index (κ3) is 4.06. The van der Waals surface area contributed by atoms with E-state index >= 15 is 0 Å². The van der Waals surface area contributed by atoms with E-state index in [0.29, 0.717) is 6.42 Å². The normalized spacial score (nSPS) is 17.9. The second-order valence-electron chi connectivity index (χ2n) is 5.37. The fourth-order valence-electron chi connectivity index (χ4n) is 2.92. The number of carbonyl (C=O) groups is 2. The van der Waals surface area contributed by atoms with Crippen molar-refractivity contribution in [3.05, 3.63) is 16.8 Å². The predicted octanol–water partition coefficient (Wildman–Crippen LogP) is 3.50. The number of nitrogens with one attached hydrogen (secondary N) is 1. The number of hydrogen-bond acceptors (Lipinski definition) is 3. The van der Waals surface area contributed by atoms with Gasteiger partial charge in [0, 0.05) is 11.8 Å². The zero-order chi connectivity index (χ0) is 13.7. The third-order valence-electron chi connectivity index (χ3n) is 3.78. The summed E-state index contributed by atoms with van der Waals surface area (Å²) in [6.07, 6.45) is 5.30. The largest absolute Gasteiger partial charge is 0.481 e. The Morgan fingerprint density at radius 1 is 1.26 bits per heavy atom. The van der Waals surface area contributed by atoms with Crippen molar-refractivity contribution in [3.8, 4) is 0 Å². The second kappa shape index (κ2) is 6.19. The lowest BCUT2D eigenvalue weighted by Gasteiger charge is -2.35. The maximum absolute atomic E-state index is 12.1. The van der Waals surface area contributed by atoms with Crippen molar-refractivity contribution in [3.63, 3.8) is 0 Å². The number of amides is 1. The van der Waals surface area contributed by atoms with E-state index in [-0.39, 0.29) is 17.7 Å². The highest BCUT2D eigenvalue weighted by molar-refractivity contribution is 7.08. The number of thiophene rings is 1. The summed E-state index contributed by atoms with van der Waals surface area (Å²) in [7, 11) is 0. The molecule has 1 saturated carbocycles. The van der Waals surface area contributed by atoms with Crippen LogP contribution >= 0.6 is 11.3 Å². The molecule has 104 valence electrons. The molecule has 0 spiro atoms. The van der Waals surface area contributed by atoms with E-state index in [9.17, 15) is 9.59 Å². The number of aliphatic carboxylic acids is 1. The Hall–Kier alpha value is -1.36. The lowest BCUT2D eigenvalue weighted by atomic mass is 9.69. The van der Waals surface area contributed by atoms with E-state index in [0.717, 1.165) is 37.8 Å². The Balaban J connectivity index is 1.98. The van der Waals surface area contributed by atoms with Crippen molar-refractivity contribution in [1.29, 1.82) is 0 Å². The minimum atomic E-state index is -0.801. The standard InChI is InChI=1S/C14H19NO3S/c16-12(15-11-4-7-19-10-11)8-14(9-13(17)18)5-2-1-3-6-14/h4,7,10H,1-3,5-6,8-9H2,(H,15,16)(H,17,18). The molecule has 1 fully saturated rings. The molecule has 1 aliphatic rings. The van der Waals surface area contributed by atoms with E-state index in [4.69, 9.17) is 5.11 Å². The topological polar surface area (TPSA) is 66.4 Å². The van der Waals surface area contributed by atoms with Gasteiger partial charge in [-0.25, -0.2) is 0 Å². The summed E-state index contributed by atoms with van der Waals surface area (Å²) in [6, 6.07) is 1.85. The predicted molar refractivity (Wildman–Crippen MR) is 75.3 cm³/mol. The molecule has 0 atom stereocenters. The SMILES string of the molecule is O=C(O)CC1(CC(=O)Nc2ccsc2)CCCCC1. The zero-order valence-corrected chi connectivity index (χ0v) is 11.7. The van der Waals surface area contributed by atoms with Gasteiger partial charge in [0.25, 0.3) is 0 Å². The highest BCUT2D eigenvalue weighted by Gasteiger charge is 2.36. The Labute approximate surface area is 116 Å². The summed E-state index contributed by atoms with van der Waals surface area (Å²) in [4.78, 5) is 23.1. The van der Waals surface area contributed by atoms with Crippen molar-refractivity contribution in [2.45, 2.75) is 44.9 Å². The van der Waals surface area contributed by atoms with E-state index in [2.05, 4.69) is 5.32 Å². The maximum atomic E-state index is 12.1. The van der Waals surface area contributed by atoms with Crippen LogP contribution in [0.5, 0.6) is 0 Å². The minimum Gasteiger partial charge on any atom is -0.481 e. The molecule has 0 bridgehead atoms.